The number of H-pyrrole nitrogens is 1. The van der Waals surface area contributed by atoms with Crippen LogP contribution in [0.3, 0.4) is 0 Å². The first-order valence-electron chi connectivity index (χ1n) is 6.80. The first kappa shape index (κ1) is 12.5. The van der Waals surface area contributed by atoms with Crippen LogP contribution in [0.1, 0.15) is 12.0 Å². The molecule has 1 aliphatic heterocycles. The van der Waals surface area contributed by atoms with E-state index in [-0.39, 0.29) is 6.10 Å². The van der Waals surface area contributed by atoms with Gasteiger partial charge in [0, 0.05) is 29.6 Å². The Hall–Kier alpha value is -1.52. The number of methoxy groups -OCH3 is 1. The highest BCUT2D eigenvalue weighted by Crippen LogP contribution is 2.27. The van der Waals surface area contributed by atoms with E-state index in [0.29, 0.717) is 5.92 Å². The van der Waals surface area contributed by atoms with E-state index in [2.05, 4.69) is 16.4 Å². The summed E-state index contributed by atoms with van der Waals surface area (Å²) in [4.78, 5) is 3.29. The molecule has 0 aliphatic carbocycles. The molecule has 1 saturated heterocycles. The number of aliphatic hydroxyl groups excluding tert-OH is 1. The van der Waals surface area contributed by atoms with Crippen molar-refractivity contribution in [3.63, 3.8) is 0 Å². The molecule has 1 fully saturated rings. The van der Waals surface area contributed by atoms with Gasteiger partial charge in [-0.05, 0) is 43.1 Å². The molecular formula is C15H20N2O2. The van der Waals surface area contributed by atoms with Gasteiger partial charge in [-0.2, -0.15) is 0 Å². The molecule has 19 heavy (non-hydrogen) atoms. The van der Waals surface area contributed by atoms with Crippen molar-refractivity contribution in [3.8, 4) is 5.75 Å². The van der Waals surface area contributed by atoms with Gasteiger partial charge in [-0.3, -0.25) is 0 Å². The zero-order valence-corrected chi connectivity index (χ0v) is 11.1. The lowest BCUT2D eigenvalue weighted by Crippen LogP contribution is -2.40. The largest absolute Gasteiger partial charge is 0.497 e. The van der Waals surface area contributed by atoms with Crippen LogP contribution in [0.4, 0.5) is 0 Å². The summed E-state index contributed by atoms with van der Waals surface area (Å²) in [6.45, 7) is 1.80. The summed E-state index contributed by atoms with van der Waals surface area (Å²) in [6.07, 6.45) is 3.58. The van der Waals surface area contributed by atoms with E-state index < -0.39 is 0 Å². The minimum atomic E-state index is -0.197. The Labute approximate surface area is 112 Å². The lowest BCUT2D eigenvalue weighted by atomic mass is 9.89. The minimum Gasteiger partial charge on any atom is -0.497 e. The molecule has 1 aromatic carbocycles. The molecule has 2 heterocycles. The van der Waals surface area contributed by atoms with Gasteiger partial charge in [0.1, 0.15) is 5.75 Å². The number of hydrogen-bond acceptors (Lipinski definition) is 3. The molecular weight excluding hydrogens is 240 g/mol. The summed E-state index contributed by atoms with van der Waals surface area (Å²) in [5, 5.41) is 14.6. The van der Waals surface area contributed by atoms with Crippen molar-refractivity contribution in [1.82, 2.24) is 10.3 Å². The standard InChI is InChI=1S/C15H20N2O2/c1-19-12-2-3-14-13(7-12)10(9-17-14)6-11-8-16-5-4-15(11)18/h2-3,7,9,11,15-18H,4-6,8H2,1H3. The molecule has 102 valence electrons. The third-order valence-electron chi connectivity index (χ3n) is 4.02. The second-order valence-corrected chi connectivity index (χ2v) is 5.25. The summed E-state index contributed by atoms with van der Waals surface area (Å²) in [5.41, 5.74) is 2.37. The Morgan fingerprint density at radius 3 is 3.11 bits per heavy atom. The van der Waals surface area contributed by atoms with Crippen molar-refractivity contribution in [1.29, 1.82) is 0 Å². The quantitative estimate of drug-likeness (QED) is 0.787. The molecule has 0 bridgehead atoms. The fraction of sp³-hybridized carbons (Fsp3) is 0.467. The van der Waals surface area contributed by atoms with Crippen molar-refractivity contribution in [2.24, 2.45) is 5.92 Å². The van der Waals surface area contributed by atoms with Crippen LogP contribution in [0, 0.1) is 5.92 Å². The first-order chi connectivity index (χ1) is 9.28. The zero-order valence-electron chi connectivity index (χ0n) is 11.1. The highest BCUT2D eigenvalue weighted by molar-refractivity contribution is 5.84. The Balaban J connectivity index is 1.87. The van der Waals surface area contributed by atoms with E-state index in [1.54, 1.807) is 7.11 Å². The first-order valence-corrected chi connectivity index (χ1v) is 6.80. The predicted octanol–water partition coefficient (Wildman–Crippen LogP) is 1.69. The van der Waals surface area contributed by atoms with Gasteiger partial charge in [0.25, 0.3) is 0 Å². The van der Waals surface area contributed by atoms with Crippen LogP contribution in [-0.2, 0) is 6.42 Å². The van der Waals surface area contributed by atoms with Gasteiger partial charge in [-0.15, -0.1) is 0 Å². The van der Waals surface area contributed by atoms with E-state index in [0.717, 1.165) is 37.2 Å². The van der Waals surface area contributed by atoms with Gasteiger partial charge in [0.05, 0.1) is 13.2 Å². The minimum absolute atomic E-state index is 0.197. The summed E-state index contributed by atoms with van der Waals surface area (Å²) in [6, 6.07) is 6.05. The van der Waals surface area contributed by atoms with Crippen molar-refractivity contribution in [3.05, 3.63) is 30.0 Å². The van der Waals surface area contributed by atoms with Crippen LogP contribution in [0.15, 0.2) is 24.4 Å². The molecule has 0 saturated carbocycles. The average Bonchev–Trinajstić information content (AvgIpc) is 2.84. The highest BCUT2D eigenvalue weighted by Gasteiger charge is 2.23. The molecule has 3 N–H and O–H groups in total. The number of fused-ring (bicyclic) bond motifs is 1. The van der Waals surface area contributed by atoms with Crippen LogP contribution in [0.25, 0.3) is 10.9 Å². The van der Waals surface area contributed by atoms with Crippen molar-refractivity contribution in [2.45, 2.75) is 18.9 Å². The van der Waals surface area contributed by atoms with E-state index >= 15 is 0 Å². The fourth-order valence-corrected chi connectivity index (χ4v) is 2.85. The SMILES string of the molecule is COc1ccc2[nH]cc(CC3CNCCC3O)c2c1. The Morgan fingerprint density at radius 2 is 2.32 bits per heavy atom. The van der Waals surface area contributed by atoms with Crippen molar-refractivity contribution in [2.75, 3.05) is 20.2 Å². The van der Waals surface area contributed by atoms with Crippen LogP contribution < -0.4 is 10.1 Å². The van der Waals surface area contributed by atoms with Crippen LogP contribution in [0.2, 0.25) is 0 Å². The monoisotopic (exact) mass is 260 g/mol. The lowest BCUT2D eigenvalue weighted by molar-refractivity contribution is 0.0793. The zero-order chi connectivity index (χ0) is 13.2. The molecule has 3 rings (SSSR count). The lowest BCUT2D eigenvalue weighted by Gasteiger charge is -2.28. The van der Waals surface area contributed by atoms with E-state index in [4.69, 9.17) is 4.74 Å². The van der Waals surface area contributed by atoms with Gasteiger partial charge in [-0.1, -0.05) is 0 Å². The number of hydrogen-bond donors (Lipinski definition) is 3. The Bertz CT molecular complexity index is 564. The molecule has 2 aromatic rings. The topological polar surface area (TPSA) is 57.3 Å². The average molecular weight is 260 g/mol. The maximum absolute atomic E-state index is 10.1. The fourth-order valence-electron chi connectivity index (χ4n) is 2.85. The third kappa shape index (κ3) is 2.46. The molecule has 0 amide bonds. The molecule has 0 radical (unpaired) electrons. The van der Waals surface area contributed by atoms with Crippen molar-refractivity contribution >= 4 is 10.9 Å². The van der Waals surface area contributed by atoms with E-state index in [1.807, 2.05) is 18.3 Å². The number of nitrogens with one attached hydrogen (secondary N) is 2. The maximum Gasteiger partial charge on any atom is 0.119 e. The summed E-state index contributed by atoms with van der Waals surface area (Å²) in [7, 11) is 1.68. The van der Waals surface area contributed by atoms with Gasteiger partial charge >= 0.3 is 0 Å². The molecule has 1 aromatic heterocycles. The van der Waals surface area contributed by atoms with Gasteiger partial charge in [-0.25, -0.2) is 0 Å². The smallest absolute Gasteiger partial charge is 0.119 e. The van der Waals surface area contributed by atoms with Crippen LogP contribution >= 0.6 is 0 Å². The number of aromatic nitrogens is 1. The van der Waals surface area contributed by atoms with E-state index in [9.17, 15) is 5.11 Å². The van der Waals surface area contributed by atoms with Crippen molar-refractivity contribution < 1.29 is 9.84 Å². The molecule has 2 unspecified atom stereocenters. The number of aromatic amines is 1. The molecule has 2 atom stereocenters. The van der Waals surface area contributed by atoms with Gasteiger partial charge < -0.3 is 20.1 Å². The van der Waals surface area contributed by atoms with Crippen LogP contribution in [-0.4, -0.2) is 36.4 Å². The van der Waals surface area contributed by atoms with Crippen LogP contribution in [0.5, 0.6) is 5.75 Å². The number of piperidine rings is 1. The van der Waals surface area contributed by atoms with Gasteiger partial charge in [0.2, 0.25) is 0 Å². The summed E-state index contributed by atoms with van der Waals surface area (Å²) < 4.78 is 5.28. The number of rotatable bonds is 3. The molecule has 0 spiro atoms. The van der Waals surface area contributed by atoms with Gasteiger partial charge in [0.15, 0.2) is 0 Å². The summed E-state index contributed by atoms with van der Waals surface area (Å²) >= 11 is 0. The third-order valence-corrected chi connectivity index (χ3v) is 4.02. The maximum atomic E-state index is 10.1. The Kier molecular flexibility index (Phi) is 3.44. The number of aliphatic hydroxyl groups is 1. The summed E-state index contributed by atoms with van der Waals surface area (Å²) in [5.74, 6) is 1.16. The second kappa shape index (κ2) is 5.23. The normalized spacial score (nSPS) is 23.7. The highest BCUT2D eigenvalue weighted by atomic mass is 16.5. The number of ether oxygens (including phenoxy) is 1. The second-order valence-electron chi connectivity index (χ2n) is 5.25. The molecule has 1 aliphatic rings. The van der Waals surface area contributed by atoms with E-state index in [1.165, 1.54) is 10.9 Å². The molecule has 4 nitrogen and oxygen atoms in total. The number of benzene rings is 1. The predicted molar refractivity (Wildman–Crippen MR) is 75.5 cm³/mol. The Morgan fingerprint density at radius 1 is 1.42 bits per heavy atom. The molecule has 4 heteroatoms.